The average Bonchev–Trinajstić information content (AvgIpc) is 2.72. The number of nitrogens with one attached hydrogen (secondary N) is 2. The Morgan fingerprint density at radius 3 is 1.55 bits per heavy atom. The van der Waals surface area contributed by atoms with Crippen LogP contribution in [0.4, 0.5) is 0 Å². The fraction of sp³-hybridized carbons (Fsp3) is 0.960. The van der Waals surface area contributed by atoms with E-state index in [1.54, 1.807) is 0 Å². The highest BCUT2D eigenvalue weighted by molar-refractivity contribution is 5.75. The lowest BCUT2D eigenvalue weighted by atomic mass is 10.0. The molecule has 0 radical (unpaired) electrons. The van der Waals surface area contributed by atoms with E-state index >= 15 is 0 Å². The van der Waals surface area contributed by atoms with Gasteiger partial charge in [0.25, 0.3) is 0 Å². The van der Waals surface area contributed by atoms with Crippen LogP contribution >= 0.6 is 0 Å². The van der Waals surface area contributed by atoms with Crippen LogP contribution in [0.3, 0.4) is 0 Å². The summed E-state index contributed by atoms with van der Waals surface area (Å²) in [7, 11) is 0. The quantitative estimate of drug-likeness (QED) is 0.169. The molecule has 0 spiro atoms. The summed E-state index contributed by atoms with van der Waals surface area (Å²) in [4.78, 5) is 11.8. The molecule has 29 heavy (non-hydrogen) atoms. The first-order valence-corrected chi connectivity index (χ1v) is 13.0. The van der Waals surface area contributed by atoms with Crippen LogP contribution in [-0.4, -0.2) is 32.1 Å². The van der Waals surface area contributed by atoms with Gasteiger partial charge in [-0.05, 0) is 45.3 Å². The van der Waals surface area contributed by atoms with E-state index in [9.17, 15) is 4.79 Å². The highest BCUT2D eigenvalue weighted by atomic mass is 16.1. The summed E-state index contributed by atoms with van der Waals surface area (Å²) >= 11 is 0. The van der Waals surface area contributed by atoms with Gasteiger partial charge in [0, 0.05) is 13.0 Å². The first-order valence-electron chi connectivity index (χ1n) is 13.0. The third-order valence-electron chi connectivity index (χ3n) is 5.67. The van der Waals surface area contributed by atoms with E-state index < -0.39 is 0 Å². The second kappa shape index (κ2) is 25.4. The molecule has 0 aliphatic carbocycles. The molecule has 0 unspecified atom stereocenters. The molecule has 0 aromatic carbocycles. The maximum atomic E-state index is 11.8. The molecule has 174 valence electrons. The van der Waals surface area contributed by atoms with Gasteiger partial charge >= 0.3 is 0 Å². The lowest BCUT2D eigenvalue weighted by Crippen LogP contribution is -2.25. The van der Waals surface area contributed by atoms with Crippen molar-refractivity contribution in [3.8, 4) is 0 Å². The van der Waals surface area contributed by atoms with Gasteiger partial charge in [-0.15, -0.1) is 0 Å². The number of hydrogen-bond donors (Lipinski definition) is 3. The number of carbonyl (C=O) groups excluding carboxylic acids is 1. The minimum absolute atomic E-state index is 0.232. The van der Waals surface area contributed by atoms with Gasteiger partial charge in [0.1, 0.15) is 0 Å². The standard InChI is InChI=1S/C25H53N3O/c1-2-3-4-5-6-7-8-9-10-11-12-13-14-15-16-20-25(29)28-24-18-17-22-27-23-19-21-26/h27H,2-24,26H2,1H3,(H,28,29). The average molecular weight is 412 g/mol. The topological polar surface area (TPSA) is 67.2 Å². The van der Waals surface area contributed by atoms with Crippen molar-refractivity contribution in [3.05, 3.63) is 0 Å². The molecule has 0 aliphatic heterocycles. The van der Waals surface area contributed by atoms with Gasteiger partial charge in [0.2, 0.25) is 5.91 Å². The van der Waals surface area contributed by atoms with Gasteiger partial charge in [-0.3, -0.25) is 4.79 Å². The fourth-order valence-corrected chi connectivity index (χ4v) is 3.70. The van der Waals surface area contributed by atoms with Crippen molar-refractivity contribution in [2.75, 3.05) is 26.2 Å². The molecule has 4 heteroatoms. The predicted molar refractivity (Wildman–Crippen MR) is 128 cm³/mol. The Labute approximate surface area is 182 Å². The molecule has 0 atom stereocenters. The number of unbranched alkanes of at least 4 members (excludes halogenated alkanes) is 15. The van der Waals surface area contributed by atoms with Gasteiger partial charge in [-0.1, -0.05) is 96.8 Å². The number of carbonyl (C=O) groups is 1. The van der Waals surface area contributed by atoms with Crippen LogP contribution in [-0.2, 0) is 4.79 Å². The van der Waals surface area contributed by atoms with Crippen LogP contribution in [0, 0.1) is 0 Å². The van der Waals surface area contributed by atoms with Crippen molar-refractivity contribution in [3.63, 3.8) is 0 Å². The third-order valence-corrected chi connectivity index (χ3v) is 5.67. The van der Waals surface area contributed by atoms with Gasteiger partial charge in [-0.2, -0.15) is 0 Å². The van der Waals surface area contributed by atoms with Gasteiger partial charge in [0.15, 0.2) is 0 Å². The van der Waals surface area contributed by atoms with Crippen LogP contribution in [0.1, 0.15) is 129 Å². The summed E-state index contributed by atoms with van der Waals surface area (Å²) < 4.78 is 0. The molecular weight excluding hydrogens is 358 g/mol. The molecule has 0 aliphatic rings. The molecule has 1 amide bonds. The van der Waals surface area contributed by atoms with Crippen LogP contribution in [0.2, 0.25) is 0 Å². The lowest BCUT2D eigenvalue weighted by molar-refractivity contribution is -0.121. The zero-order valence-electron chi connectivity index (χ0n) is 19.7. The van der Waals surface area contributed by atoms with Crippen LogP contribution in [0.15, 0.2) is 0 Å². The van der Waals surface area contributed by atoms with Gasteiger partial charge in [-0.25, -0.2) is 0 Å². The van der Waals surface area contributed by atoms with Crippen molar-refractivity contribution in [2.45, 2.75) is 129 Å². The summed E-state index contributed by atoms with van der Waals surface area (Å²) in [6, 6.07) is 0. The summed E-state index contributed by atoms with van der Waals surface area (Å²) in [5, 5.41) is 6.41. The minimum Gasteiger partial charge on any atom is -0.356 e. The van der Waals surface area contributed by atoms with Crippen molar-refractivity contribution in [1.82, 2.24) is 10.6 Å². The molecule has 0 saturated heterocycles. The molecule has 0 heterocycles. The number of amides is 1. The highest BCUT2D eigenvalue weighted by Gasteiger charge is 2.00. The molecule has 0 rings (SSSR count). The second-order valence-electron chi connectivity index (χ2n) is 8.65. The van der Waals surface area contributed by atoms with Crippen LogP contribution in [0.5, 0.6) is 0 Å². The Bertz CT molecular complexity index is 323. The molecule has 0 bridgehead atoms. The molecule has 0 aromatic heterocycles. The Kier molecular flexibility index (Phi) is 24.9. The van der Waals surface area contributed by atoms with Crippen molar-refractivity contribution in [2.24, 2.45) is 5.73 Å². The summed E-state index contributed by atoms with van der Waals surface area (Å²) in [5.74, 6) is 0.232. The maximum Gasteiger partial charge on any atom is 0.219 e. The van der Waals surface area contributed by atoms with E-state index in [4.69, 9.17) is 5.73 Å². The SMILES string of the molecule is CCCCCCCCCCCCCCCCCC(=O)NCCCCNCCCN. The largest absolute Gasteiger partial charge is 0.356 e. The number of rotatable bonds is 24. The molecule has 0 aromatic rings. The highest BCUT2D eigenvalue weighted by Crippen LogP contribution is 2.13. The molecule has 0 saturated carbocycles. The Morgan fingerprint density at radius 2 is 1.03 bits per heavy atom. The zero-order chi connectivity index (χ0) is 21.3. The maximum absolute atomic E-state index is 11.8. The zero-order valence-corrected chi connectivity index (χ0v) is 19.7. The summed E-state index contributed by atoms with van der Waals surface area (Å²) in [6.45, 7) is 5.88. The first kappa shape index (κ1) is 28.4. The smallest absolute Gasteiger partial charge is 0.219 e. The Balaban J connectivity index is 3.12. The van der Waals surface area contributed by atoms with Crippen LogP contribution < -0.4 is 16.4 Å². The van der Waals surface area contributed by atoms with Crippen molar-refractivity contribution >= 4 is 5.91 Å². The summed E-state index contributed by atoms with van der Waals surface area (Å²) in [5.41, 5.74) is 5.45. The number of hydrogen-bond acceptors (Lipinski definition) is 3. The minimum atomic E-state index is 0.232. The van der Waals surface area contributed by atoms with Crippen LogP contribution in [0.25, 0.3) is 0 Å². The normalized spacial score (nSPS) is 11.1. The monoisotopic (exact) mass is 411 g/mol. The third kappa shape index (κ3) is 25.4. The molecule has 4 N–H and O–H groups in total. The molecule has 4 nitrogen and oxygen atoms in total. The summed E-state index contributed by atoms with van der Waals surface area (Å²) in [6.07, 6.45) is 24.4. The predicted octanol–water partition coefficient (Wildman–Crippen LogP) is 6.08. The second-order valence-corrected chi connectivity index (χ2v) is 8.65. The molecule has 0 fully saturated rings. The van der Waals surface area contributed by atoms with Gasteiger partial charge in [0.05, 0.1) is 0 Å². The lowest BCUT2D eigenvalue weighted by Gasteiger charge is -2.06. The van der Waals surface area contributed by atoms with Crippen molar-refractivity contribution in [1.29, 1.82) is 0 Å². The first-order chi connectivity index (χ1) is 14.3. The Hall–Kier alpha value is -0.610. The number of nitrogens with two attached hydrogens (primary N) is 1. The fourth-order valence-electron chi connectivity index (χ4n) is 3.70. The van der Waals surface area contributed by atoms with E-state index in [0.717, 1.165) is 51.9 Å². The van der Waals surface area contributed by atoms with E-state index in [-0.39, 0.29) is 5.91 Å². The van der Waals surface area contributed by atoms with E-state index in [1.807, 2.05) is 0 Å². The van der Waals surface area contributed by atoms with E-state index in [2.05, 4.69) is 17.6 Å². The van der Waals surface area contributed by atoms with E-state index in [1.165, 1.54) is 89.9 Å². The van der Waals surface area contributed by atoms with Crippen molar-refractivity contribution < 1.29 is 4.79 Å². The van der Waals surface area contributed by atoms with Gasteiger partial charge < -0.3 is 16.4 Å². The Morgan fingerprint density at radius 1 is 0.586 bits per heavy atom. The molecular formula is C25H53N3O. The van der Waals surface area contributed by atoms with E-state index in [0.29, 0.717) is 6.42 Å².